The maximum absolute atomic E-state index is 12.2. The molecule has 0 saturated carbocycles. The highest BCUT2D eigenvalue weighted by Crippen LogP contribution is 2.22. The van der Waals surface area contributed by atoms with Crippen LogP contribution in [0.2, 0.25) is 0 Å². The van der Waals surface area contributed by atoms with Crippen molar-refractivity contribution in [1.29, 1.82) is 0 Å². The molecule has 1 atom stereocenters. The summed E-state index contributed by atoms with van der Waals surface area (Å²) in [6.45, 7) is 2.78. The second kappa shape index (κ2) is 5.25. The molecule has 1 aliphatic rings. The molecule has 0 bridgehead atoms. The highest BCUT2D eigenvalue weighted by Gasteiger charge is 2.28. The number of nitrogens with zero attached hydrogens (tertiary/aromatic N) is 1. The first-order valence-electron chi connectivity index (χ1n) is 6.27. The first-order chi connectivity index (χ1) is 8.63. The Morgan fingerprint density at radius 1 is 1.39 bits per heavy atom. The lowest BCUT2D eigenvalue weighted by molar-refractivity contribution is 0.0565. The Bertz CT molecular complexity index is 452. The minimum Gasteiger partial charge on any atom is -0.475 e. The summed E-state index contributed by atoms with van der Waals surface area (Å²) in [5, 5.41) is 8.77. The molecule has 1 saturated heterocycles. The summed E-state index contributed by atoms with van der Waals surface area (Å²) in [7, 11) is 0. The third kappa shape index (κ3) is 2.39. The zero-order chi connectivity index (χ0) is 13.1. The molecule has 0 aromatic carbocycles. The number of carbonyl (C=O) groups is 2. The number of hydrogen-bond acceptors (Lipinski definition) is 3. The van der Waals surface area contributed by atoms with Crippen molar-refractivity contribution in [3.63, 3.8) is 0 Å². The third-order valence-electron chi connectivity index (χ3n) is 3.39. The van der Waals surface area contributed by atoms with Gasteiger partial charge in [-0.25, -0.2) is 4.79 Å². The van der Waals surface area contributed by atoms with Gasteiger partial charge in [0, 0.05) is 12.6 Å². The van der Waals surface area contributed by atoms with E-state index in [-0.39, 0.29) is 23.5 Å². The number of amides is 1. The van der Waals surface area contributed by atoms with Gasteiger partial charge in [-0.3, -0.25) is 4.79 Å². The van der Waals surface area contributed by atoms with Crippen LogP contribution in [0.25, 0.3) is 0 Å². The molecule has 1 amide bonds. The zero-order valence-electron chi connectivity index (χ0n) is 10.4. The van der Waals surface area contributed by atoms with Crippen molar-refractivity contribution >= 4 is 11.9 Å². The first-order valence-corrected chi connectivity index (χ1v) is 6.27. The van der Waals surface area contributed by atoms with E-state index < -0.39 is 5.97 Å². The highest BCUT2D eigenvalue weighted by molar-refractivity contribution is 5.93. The van der Waals surface area contributed by atoms with Gasteiger partial charge in [-0.05, 0) is 37.8 Å². The minimum atomic E-state index is -1.15. The molecule has 0 aliphatic carbocycles. The average Bonchev–Trinajstić information content (AvgIpc) is 2.87. The van der Waals surface area contributed by atoms with Gasteiger partial charge in [0.15, 0.2) is 5.76 Å². The molecule has 2 rings (SSSR count). The standard InChI is InChI=1S/C13H17NO4/c1-2-9-5-3-4-8-14(9)12(15)10-6-7-11(18-10)13(16)17/h6-7,9H,2-5,8H2,1H3,(H,16,17). The van der Waals surface area contributed by atoms with Crippen molar-refractivity contribution in [3.8, 4) is 0 Å². The van der Waals surface area contributed by atoms with Gasteiger partial charge < -0.3 is 14.4 Å². The Kier molecular flexibility index (Phi) is 3.69. The van der Waals surface area contributed by atoms with Crippen molar-refractivity contribution in [2.45, 2.75) is 38.6 Å². The lowest BCUT2D eigenvalue weighted by Crippen LogP contribution is -2.43. The third-order valence-corrected chi connectivity index (χ3v) is 3.39. The monoisotopic (exact) mass is 251 g/mol. The summed E-state index contributed by atoms with van der Waals surface area (Å²) in [6.07, 6.45) is 4.06. The fourth-order valence-electron chi connectivity index (χ4n) is 2.40. The van der Waals surface area contributed by atoms with Crippen LogP contribution in [0.5, 0.6) is 0 Å². The molecule has 5 nitrogen and oxygen atoms in total. The molecule has 1 N–H and O–H groups in total. The lowest BCUT2D eigenvalue weighted by Gasteiger charge is -2.34. The number of furan rings is 1. The van der Waals surface area contributed by atoms with Crippen LogP contribution < -0.4 is 0 Å². The van der Waals surface area contributed by atoms with E-state index in [1.807, 2.05) is 0 Å². The van der Waals surface area contributed by atoms with Crippen molar-refractivity contribution < 1.29 is 19.1 Å². The molecule has 2 heterocycles. The maximum Gasteiger partial charge on any atom is 0.371 e. The zero-order valence-corrected chi connectivity index (χ0v) is 10.4. The van der Waals surface area contributed by atoms with Crippen molar-refractivity contribution in [1.82, 2.24) is 4.90 Å². The number of aromatic carboxylic acids is 1. The van der Waals surface area contributed by atoms with Gasteiger partial charge in [0.05, 0.1) is 0 Å². The molecular formula is C13H17NO4. The summed E-state index contributed by atoms with van der Waals surface area (Å²) < 4.78 is 5.06. The second-order valence-electron chi connectivity index (χ2n) is 4.53. The van der Waals surface area contributed by atoms with Crippen LogP contribution in [0.15, 0.2) is 16.5 Å². The van der Waals surface area contributed by atoms with Crippen LogP contribution in [0.1, 0.15) is 53.7 Å². The molecule has 1 aromatic heterocycles. The number of carboxylic acid groups (broad SMARTS) is 1. The molecule has 0 spiro atoms. The molecule has 1 fully saturated rings. The highest BCUT2D eigenvalue weighted by atomic mass is 16.4. The number of carbonyl (C=O) groups excluding carboxylic acids is 1. The Morgan fingerprint density at radius 3 is 2.72 bits per heavy atom. The van der Waals surface area contributed by atoms with Gasteiger partial charge in [-0.2, -0.15) is 0 Å². The van der Waals surface area contributed by atoms with E-state index >= 15 is 0 Å². The van der Waals surface area contributed by atoms with Crippen LogP contribution in [0.4, 0.5) is 0 Å². The van der Waals surface area contributed by atoms with Crippen LogP contribution in [0, 0.1) is 0 Å². The molecule has 1 unspecified atom stereocenters. The Balaban J connectivity index is 2.15. The van der Waals surface area contributed by atoms with Crippen LogP contribution in [-0.4, -0.2) is 34.5 Å². The molecule has 98 valence electrons. The van der Waals surface area contributed by atoms with Gasteiger partial charge in [0.25, 0.3) is 5.91 Å². The quantitative estimate of drug-likeness (QED) is 0.895. The Hall–Kier alpha value is -1.78. The maximum atomic E-state index is 12.2. The van der Waals surface area contributed by atoms with Crippen LogP contribution in [-0.2, 0) is 0 Å². The van der Waals surface area contributed by atoms with Gasteiger partial charge in [0.1, 0.15) is 0 Å². The molecule has 0 radical (unpaired) electrons. The van der Waals surface area contributed by atoms with Gasteiger partial charge in [-0.15, -0.1) is 0 Å². The smallest absolute Gasteiger partial charge is 0.371 e. The molecule has 1 aliphatic heterocycles. The summed E-state index contributed by atoms with van der Waals surface area (Å²) in [5.41, 5.74) is 0. The molecular weight excluding hydrogens is 234 g/mol. The largest absolute Gasteiger partial charge is 0.475 e. The van der Waals surface area contributed by atoms with Crippen LogP contribution in [0.3, 0.4) is 0 Å². The van der Waals surface area contributed by atoms with E-state index in [1.165, 1.54) is 12.1 Å². The van der Waals surface area contributed by atoms with E-state index in [0.29, 0.717) is 0 Å². The van der Waals surface area contributed by atoms with E-state index in [4.69, 9.17) is 9.52 Å². The van der Waals surface area contributed by atoms with Gasteiger partial charge >= 0.3 is 5.97 Å². The minimum absolute atomic E-state index is 0.118. The molecule has 1 aromatic rings. The number of hydrogen-bond donors (Lipinski definition) is 1. The Labute approximate surface area is 105 Å². The van der Waals surface area contributed by atoms with E-state index in [1.54, 1.807) is 4.90 Å². The molecule has 5 heteroatoms. The topological polar surface area (TPSA) is 70.8 Å². The van der Waals surface area contributed by atoms with E-state index in [2.05, 4.69) is 6.92 Å². The average molecular weight is 251 g/mol. The first kappa shape index (κ1) is 12.7. The summed E-state index contributed by atoms with van der Waals surface area (Å²) >= 11 is 0. The second-order valence-corrected chi connectivity index (χ2v) is 4.53. The number of likely N-dealkylation sites (tertiary alicyclic amines) is 1. The van der Waals surface area contributed by atoms with Gasteiger partial charge in [-0.1, -0.05) is 6.92 Å². The van der Waals surface area contributed by atoms with E-state index in [9.17, 15) is 9.59 Å². The fraction of sp³-hybridized carbons (Fsp3) is 0.538. The van der Waals surface area contributed by atoms with Crippen molar-refractivity contribution in [2.24, 2.45) is 0 Å². The fourth-order valence-corrected chi connectivity index (χ4v) is 2.40. The van der Waals surface area contributed by atoms with Crippen molar-refractivity contribution in [2.75, 3.05) is 6.54 Å². The van der Waals surface area contributed by atoms with E-state index in [0.717, 1.165) is 32.2 Å². The van der Waals surface area contributed by atoms with Crippen molar-refractivity contribution in [3.05, 3.63) is 23.7 Å². The predicted octanol–water partition coefficient (Wildman–Crippen LogP) is 2.38. The normalized spacial score (nSPS) is 19.8. The summed E-state index contributed by atoms with van der Waals surface area (Å²) in [5.74, 6) is -1.43. The molecule has 18 heavy (non-hydrogen) atoms. The Morgan fingerprint density at radius 2 is 2.11 bits per heavy atom. The van der Waals surface area contributed by atoms with Crippen LogP contribution >= 0.6 is 0 Å². The SMILES string of the molecule is CCC1CCCCN1C(=O)c1ccc(C(=O)O)o1. The summed E-state index contributed by atoms with van der Waals surface area (Å²) in [4.78, 5) is 24.8. The van der Waals surface area contributed by atoms with Gasteiger partial charge in [0.2, 0.25) is 5.76 Å². The number of rotatable bonds is 3. The lowest BCUT2D eigenvalue weighted by atomic mass is 10.00. The number of piperidine rings is 1. The predicted molar refractivity (Wildman–Crippen MR) is 64.6 cm³/mol. The summed E-state index contributed by atoms with van der Waals surface area (Å²) in [6, 6.07) is 3.00. The number of carboxylic acids is 1.